The maximum Gasteiger partial charge on any atom is 0.226 e. The minimum absolute atomic E-state index is 0.559. The number of benzene rings is 1. The first-order chi connectivity index (χ1) is 12.8. The number of oxazole rings is 1. The van der Waals surface area contributed by atoms with Gasteiger partial charge in [0.15, 0.2) is 5.96 Å². The summed E-state index contributed by atoms with van der Waals surface area (Å²) >= 11 is 3.46. The minimum Gasteiger partial charge on any atom is -0.444 e. The lowest BCUT2D eigenvalue weighted by Crippen LogP contribution is -2.37. The molecule has 1 aromatic carbocycles. The Hall–Kier alpha value is -2.32. The number of hydrogen-bond donors (Lipinski definition) is 2. The van der Waals surface area contributed by atoms with Gasteiger partial charge in [0.25, 0.3) is 0 Å². The van der Waals surface area contributed by atoms with Gasteiger partial charge in [-0.15, -0.1) is 11.3 Å². The molecule has 0 fully saturated rings. The molecule has 0 atom stereocenters. The minimum atomic E-state index is 0.559. The van der Waals surface area contributed by atoms with E-state index in [1.165, 1.54) is 0 Å². The highest BCUT2D eigenvalue weighted by atomic mass is 32.2. The zero-order chi connectivity index (χ0) is 18.0. The fourth-order valence-corrected chi connectivity index (χ4v) is 3.86. The smallest absolute Gasteiger partial charge is 0.226 e. The van der Waals surface area contributed by atoms with Crippen molar-refractivity contribution in [2.45, 2.75) is 17.3 Å². The fourth-order valence-electron chi connectivity index (χ4n) is 2.22. The number of nitrogens with zero attached hydrogens (tertiary/aromatic N) is 3. The molecule has 2 N–H and O–H groups in total. The molecule has 6 nitrogen and oxygen atoms in total. The molecule has 0 amide bonds. The van der Waals surface area contributed by atoms with Crippen molar-refractivity contribution in [3.8, 4) is 11.5 Å². The summed E-state index contributed by atoms with van der Waals surface area (Å²) in [6.45, 7) is 1.41. The van der Waals surface area contributed by atoms with E-state index in [9.17, 15) is 0 Å². The number of aromatic nitrogens is 2. The summed E-state index contributed by atoms with van der Waals surface area (Å²) in [7, 11) is 1.76. The van der Waals surface area contributed by atoms with Crippen LogP contribution >= 0.6 is 23.1 Å². The summed E-state index contributed by atoms with van der Waals surface area (Å²) in [6.07, 6.45) is 4.55. The quantitative estimate of drug-likeness (QED) is 0.266. The molecular formula is C18H21N5OS2. The van der Waals surface area contributed by atoms with Crippen molar-refractivity contribution in [1.82, 2.24) is 20.6 Å². The number of nitrogens with one attached hydrogen (secondary N) is 2. The molecule has 0 aliphatic carbocycles. The Morgan fingerprint density at radius 3 is 2.92 bits per heavy atom. The molecule has 26 heavy (non-hydrogen) atoms. The van der Waals surface area contributed by atoms with Gasteiger partial charge in [-0.25, -0.2) is 9.97 Å². The van der Waals surface area contributed by atoms with Gasteiger partial charge < -0.3 is 15.1 Å². The zero-order valence-electron chi connectivity index (χ0n) is 14.5. The Morgan fingerprint density at radius 2 is 2.15 bits per heavy atom. The lowest BCUT2D eigenvalue weighted by molar-refractivity contribution is 0.572. The topological polar surface area (TPSA) is 75.3 Å². The van der Waals surface area contributed by atoms with Gasteiger partial charge in [-0.1, -0.05) is 30.0 Å². The van der Waals surface area contributed by atoms with Crippen molar-refractivity contribution in [1.29, 1.82) is 0 Å². The Kier molecular flexibility index (Phi) is 7.09. The molecule has 0 radical (unpaired) electrons. The summed E-state index contributed by atoms with van der Waals surface area (Å²) in [5.74, 6) is 2.42. The summed E-state index contributed by atoms with van der Waals surface area (Å²) in [6, 6.07) is 9.87. The van der Waals surface area contributed by atoms with Crippen molar-refractivity contribution >= 4 is 29.1 Å². The molecule has 8 heteroatoms. The van der Waals surface area contributed by atoms with Crippen LogP contribution in [-0.2, 0) is 6.54 Å². The van der Waals surface area contributed by atoms with Gasteiger partial charge in [-0.05, 0) is 18.6 Å². The first kappa shape index (κ1) is 18.5. The Bertz CT molecular complexity index is 802. The van der Waals surface area contributed by atoms with Gasteiger partial charge in [-0.3, -0.25) is 4.99 Å². The normalized spacial score (nSPS) is 11.5. The number of hydrogen-bond acceptors (Lipinski definition) is 6. The highest BCUT2D eigenvalue weighted by Crippen LogP contribution is 2.20. The molecule has 2 aromatic heterocycles. The van der Waals surface area contributed by atoms with Gasteiger partial charge in [0.1, 0.15) is 10.6 Å². The largest absolute Gasteiger partial charge is 0.444 e. The van der Waals surface area contributed by atoms with Gasteiger partial charge >= 0.3 is 0 Å². The molecule has 0 unspecified atom stereocenters. The fraction of sp³-hybridized carbons (Fsp3) is 0.278. The van der Waals surface area contributed by atoms with Gasteiger partial charge in [-0.2, -0.15) is 0 Å². The van der Waals surface area contributed by atoms with Crippen LogP contribution in [0.5, 0.6) is 0 Å². The molecule has 3 aromatic rings. The van der Waals surface area contributed by atoms with E-state index in [4.69, 9.17) is 4.42 Å². The Labute approximate surface area is 161 Å². The molecule has 0 saturated heterocycles. The van der Waals surface area contributed by atoms with Crippen LogP contribution in [-0.4, -0.2) is 35.3 Å². The van der Waals surface area contributed by atoms with Crippen molar-refractivity contribution in [2.75, 3.05) is 19.3 Å². The molecule has 0 aliphatic heterocycles. The number of thiazole rings is 1. The van der Waals surface area contributed by atoms with E-state index in [1.54, 1.807) is 36.4 Å². The molecule has 0 spiro atoms. The Balaban J connectivity index is 1.38. The predicted molar refractivity (Wildman–Crippen MR) is 108 cm³/mol. The van der Waals surface area contributed by atoms with Crippen molar-refractivity contribution < 1.29 is 4.42 Å². The summed E-state index contributed by atoms with van der Waals surface area (Å²) < 4.78 is 6.66. The lowest BCUT2D eigenvalue weighted by Gasteiger charge is -2.10. The molecule has 0 bridgehead atoms. The third kappa shape index (κ3) is 5.60. The summed E-state index contributed by atoms with van der Waals surface area (Å²) in [4.78, 5) is 13.0. The van der Waals surface area contributed by atoms with E-state index in [0.717, 1.165) is 40.3 Å². The average molecular weight is 388 g/mol. The number of rotatable bonds is 8. The summed E-state index contributed by atoms with van der Waals surface area (Å²) in [5, 5.41) is 8.56. The van der Waals surface area contributed by atoms with Crippen molar-refractivity contribution in [3.63, 3.8) is 0 Å². The standard InChI is InChI=1S/C18H21N5OS2/c1-19-17(20-8-5-10-25-18-21-9-11-26-18)22-12-15-13-24-16(23-15)14-6-3-2-4-7-14/h2-4,6-7,9,11,13H,5,8,10,12H2,1H3,(H2,19,20,22). The second kappa shape index (κ2) is 9.98. The van der Waals surface area contributed by atoms with E-state index < -0.39 is 0 Å². The van der Waals surface area contributed by atoms with Crippen LogP contribution in [0.25, 0.3) is 11.5 Å². The number of thioether (sulfide) groups is 1. The van der Waals surface area contributed by atoms with E-state index in [0.29, 0.717) is 12.4 Å². The SMILES string of the molecule is CN=C(NCCCSc1nccs1)NCc1coc(-c2ccccc2)n1. The molecule has 3 rings (SSSR count). The lowest BCUT2D eigenvalue weighted by atomic mass is 10.2. The molecule has 0 saturated carbocycles. The monoisotopic (exact) mass is 387 g/mol. The second-order valence-corrected chi connectivity index (χ2v) is 7.60. The second-order valence-electron chi connectivity index (χ2n) is 5.36. The zero-order valence-corrected chi connectivity index (χ0v) is 16.1. The molecule has 0 aliphatic rings. The first-order valence-electron chi connectivity index (χ1n) is 8.32. The molecule has 2 heterocycles. The van der Waals surface area contributed by atoms with Crippen LogP contribution in [0.4, 0.5) is 0 Å². The van der Waals surface area contributed by atoms with Crippen LogP contribution in [0, 0.1) is 0 Å². The third-order valence-electron chi connectivity index (χ3n) is 3.48. The van der Waals surface area contributed by atoms with Crippen LogP contribution in [0.15, 0.2) is 61.9 Å². The Morgan fingerprint density at radius 1 is 1.27 bits per heavy atom. The van der Waals surface area contributed by atoms with Crippen molar-refractivity contribution in [3.05, 3.63) is 53.9 Å². The number of guanidine groups is 1. The molecule has 136 valence electrons. The maximum absolute atomic E-state index is 5.55. The predicted octanol–water partition coefficient (Wildman–Crippen LogP) is 3.65. The number of aliphatic imine (C=N–C) groups is 1. The van der Waals surface area contributed by atoms with Crippen molar-refractivity contribution in [2.24, 2.45) is 4.99 Å². The van der Waals surface area contributed by atoms with Crippen LogP contribution in [0.1, 0.15) is 12.1 Å². The van der Waals surface area contributed by atoms with E-state index in [2.05, 4.69) is 25.6 Å². The summed E-state index contributed by atoms with van der Waals surface area (Å²) in [5.41, 5.74) is 1.81. The van der Waals surface area contributed by atoms with Gasteiger partial charge in [0.05, 0.1) is 12.2 Å². The first-order valence-corrected chi connectivity index (χ1v) is 10.2. The third-order valence-corrected chi connectivity index (χ3v) is 5.53. The van der Waals surface area contributed by atoms with E-state index >= 15 is 0 Å². The van der Waals surface area contributed by atoms with Crippen LogP contribution in [0.3, 0.4) is 0 Å². The molecular weight excluding hydrogens is 366 g/mol. The average Bonchev–Trinajstić information content (AvgIpc) is 3.36. The van der Waals surface area contributed by atoms with E-state index in [-0.39, 0.29) is 0 Å². The van der Waals surface area contributed by atoms with E-state index in [1.807, 2.05) is 41.9 Å². The van der Waals surface area contributed by atoms with Crippen LogP contribution < -0.4 is 10.6 Å². The highest BCUT2D eigenvalue weighted by molar-refractivity contribution is 8.00. The highest BCUT2D eigenvalue weighted by Gasteiger charge is 2.07. The maximum atomic E-state index is 5.55. The van der Waals surface area contributed by atoms with Crippen LogP contribution in [0.2, 0.25) is 0 Å². The van der Waals surface area contributed by atoms with Gasteiger partial charge in [0.2, 0.25) is 5.89 Å². The van der Waals surface area contributed by atoms with Gasteiger partial charge in [0, 0.05) is 36.5 Å².